The van der Waals surface area contributed by atoms with Gasteiger partial charge < -0.3 is 19.0 Å². The molecule has 1 rings (SSSR count). The number of esters is 2. The topological polar surface area (TPSA) is 106 Å². The van der Waals surface area contributed by atoms with Crippen molar-refractivity contribution in [3.8, 4) is 5.75 Å². The van der Waals surface area contributed by atoms with Gasteiger partial charge in [-0.3, -0.25) is 19.3 Å². The number of methoxy groups -OCH3 is 2. The number of rotatable bonds is 6. The van der Waals surface area contributed by atoms with Crippen LogP contribution in [0.2, 0.25) is 0 Å². The van der Waals surface area contributed by atoms with Gasteiger partial charge >= 0.3 is 11.9 Å². The van der Waals surface area contributed by atoms with Crippen LogP contribution in [-0.4, -0.2) is 49.3 Å². The Labute approximate surface area is 114 Å². The molecule has 1 aromatic heterocycles. The van der Waals surface area contributed by atoms with Crippen LogP contribution in [0.3, 0.4) is 0 Å². The van der Waals surface area contributed by atoms with Crippen molar-refractivity contribution >= 4 is 11.9 Å². The zero-order valence-corrected chi connectivity index (χ0v) is 11.1. The highest BCUT2D eigenvalue weighted by molar-refractivity contribution is 5.74. The lowest BCUT2D eigenvalue weighted by Gasteiger charge is -2.18. The molecule has 8 nitrogen and oxygen atoms in total. The predicted octanol–water partition coefficient (Wildman–Crippen LogP) is -0.507. The molecule has 20 heavy (non-hydrogen) atoms. The Morgan fingerprint density at radius 3 is 2.25 bits per heavy atom. The Balaban J connectivity index is 2.81. The number of ether oxygens (including phenoxy) is 2. The third-order valence-corrected chi connectivity index (χ3v) is 2.41. The molecule has 1 heterocycles. The number of nitrogens with zero attached hydrogens (tertiary/aromatic N) is 1. The van der Waals surface area contributed by atoms with Crippen molar-refractivity contribution in [2.75, 3.05) is 27.3 Å². The highest BCUT2D eigenvalue weighted by Gasteiger charge is 2.17. The van der Waals surface area contributed by atoms with E-state index in [1.807, 2.05) is 0 Å². The van der Waals surface area contributed by atoms with E-state index in [0.717, 1.165) is 12.3 Å². The van der Waals surface area contributed by atoms with Gasteiger partial charge in [-0.25, -0.2) is 0 Å². The second-order valence-electron chi connectivity index (χ2n) is 3.89. The molecule has 0 spiro atoms. The molecule has 8 heteroatoms. The highest BCUT2D eigenvalue weighted by atomic mass is 16.5. The van der Waals surface area contributed by atoms with Crippen LogP contribution in [0.25, 0.3) is 0 Å². The number of carbonyl (C=O) groups is 2. The molecule has 0 radical (unpaired) electrons. The zero-order chi connectivity index (χ0) is 15.1. The molecular weight excluding hydrogens is 270 g/mol. The van der Waals surface area contributed by atoms with Gasteiger partial charge in [-0.05, 0) is 0 Å². The van der Waals surface area contributed by atoms with Gasteiger partial charge in [0.15, 0.2) is 5.75 Å². The van der Waals surface area contributed by atoms with Crippen LogP contribution in [0.5, 0.6) is 5.75 Å². The van der Waals surface area contributed by atoms with E-state index < -0.39 is 23.1 Å². The fourth-order valence-corrected chi connectivity index (χ4v) is 1.41. The van der Waals surface area contributed by atoms with Crippen molar-refractivity contribution in [1.82, 2.24) is 4.90 Å². The minimum absolute atomic E-state index is 0.0136. The van der Waals surface area contributed by atoms with Crippen LogP contribution in [0.1, 0.15) is 5.76 Å². The third kappa shape index (κ3) is 4.73. The first kappa shape index (κ1) is 15.7. The van der Waals surface area contributed by atoms with E-state index in [0.29, 0.717) is 0 Å². The van der Waals surface area contributed by atoms with Gasteiger partial charge in [-0.1, -0.05) is 0 Å². The van der Waals surface area contributed by atoms with Crippen molar-refractivity contribution in [3.05, 3.63) is 28.3 Å². The van der Waals surface area contributed by atoms with E-state index in [1.54, 1.807) is 0 Å². The molecule has 0 atom stereocenters. The van der Waals surface area contributed by atoms with Crippen LogP contribution in [-0.2, 0) is 25.6 Å². The summed E-state index contributed by atoms with van der Waals surface area (Å²) in [4.78, 5) is 35.2. The van der Waals surface area contributed by atoms with E-state index in [4.69, 9.17) is 9.52 Å². The minimum Gasteiger partial charge on any atom is -0.502 e. The Bertz CT molecular complexity index is 519. The van der Waals surface area contributed by atoms with Crippen molar-refractivity contribution < 1.29 is 28.6 Å². The fourth-order valence-electron chi connectivity index (χ4n) is 1.41. The summed E-state index contributed by atoms with van der Waals surface area (Å²) in [7, 11) is 2.44. The van der Waals surface area contributed by atoms with Crippen LogP contribution in [0.4, 0.5) is 0 Å². The Kier molecular flexibility index (Phi) is 5.73. The van der Waals surface area contributed by atoms with Gasteiger partial charge in [0.2, 0.25) is 5.43 Å². The molecule has 0 aliphatic heterocycles. The molecule has 0 saturated carbocycles. The second kappa shape index (κ2) is 7.29. The molecule has 0 aromatic carbocycles. The van der Waals surface area contributed by atoms with Crippen LogP contribution >= 0.6 is 0 Å². The Hall–Kier alpha value is -2.35. The molecule has 0 bridgehead atoms. The number of carbonyl (C=O) groups excluding carboxylic acids is 2. The van der Waals surface area contributed by atoms with Crippen molar-refractivity contribution in [3.63, 3.8) is 0 Å². The summed E-state index contributed by atoms with van der Waals surface area (Å²) in [6.45, 7) is -0.327. The molecule has 0 aliphatic rings. The maximum atomic E-state index is 11.3. The van der Waals surface area contributed by atoms with Crippen molar-refractivity contribution in [2.45, 2.75) is 6.54 Å². The van der Waals surface area contributed by atoms with Gasteiger partial charge in [0.25, 0.3) is 0 Å². The van der Waals surface area contributed by atoms with E-state index in [1.165, 1.54) is 19.1 Å². The second-order valence-corrected chi connectivity index (χ2v) is 3.89. The van der Waals surface area contributed by atoms with Gasteiger partial charge in [0.05, 0.1) is 33.9 Å². The molecule has 0 saturated heterocycles. The first-order chi connectivity index (χ1) is 9.46. The predicted molar refractivity (Wildman–Crippen MR) is 66.0 cm³/mol. The molecule has 1 aromatic rings. The summed E-state index contributed by atoms with van der Waals surface area (Å²) in [6, 6.07) is 1.08. The molecule has 110 valence electrons. The summed E-state index contributed by atoms with van der Waals surface area (Å²) >= 11 is 0. The largest absolute Gasteiger partial charge is 0.502 e. The average Bonchev–Trinajstić information content (AvgIpc) is 2.42. The molecule has 0 aliphatic carbocycles. The monoisotopic (exact) mass is 285 g/mol. The summed E-state index contributed by atoms with van der Waals surface area (Å²) in [5, 5.41) is 9.08. The third-order valence-electron chi connectivity index (χ3n) is 2.41. The molecule has 0 fully saturated rings. The lowest BCUT2D eigenvalue weighted by molar-refractivity contribution is -0.145. The van der Waals surface area contributed by atoms with Crippen molar-refractivity contribution in [2.24, 2.45) is 0 Å². The maximum Gasteiger partial charge on any atom is 0.319 e. The first-order valence-electron chi connectivity index (χ1n) is 5.63. The van der Waals surface area contributed by atoms with Gasteiger partial charge in [0, 0.05) is 6.07 Å². The van der Waals surface area contributed by atoms with Crippen molar-refractivity contribution in [1.29, 1.82) is 0 Å². The Morgan fingerprint density at radius 2 is 1.80 bits per heavy atom. The van der Waals surface area contributed by atoms with E-state index >= 15 is 0 Å². The average molecular weight is 285 g/mol. The summed E-state index contributed by atoms with van der Waals surface area (Å²) in [6.07, 6.45) is 0.895. The van der Waals surface area contributed by atoms with E-state index in [9.17, 15) is 14.4 Å². The summed E-state index contributed by atoms with van der Waals surface area (Å²) in [5.41, 5.74) is -0.609. The smallest absolute Gasteiger partial charge is 0.319 e. The fraction of sp³-hybridized carbons (Fsp3) is 0.417. The summed E-state index contributed by atoms with van der Waals surface area (Å²) in [5.74, 6) is -1.41. The molecule has 0 amide bonds. The zero-order valence-electron chi connectivity index (χ0n) is 11.1. The maximum absolute atomic E-state index is 11.3. The lowest BCUT2D eigenvalue weighted by atomic mass is 10.3. The quantitative estimate of drug-likeness (QED) is 0.697. The summed E-state index contributed by atoms with van der Waals surface area (Å²) < 4.78 is 14.0. The SMILES string of the molecule is COC(=O)CN(CC(=O)OC)Cc1cc(=O)c(O)co1. The normalized spacial score (nSPS) is 10.3. The van der Waals surface area contributed by atoms with E-state index in [2.05, 4.69) is 9.47 Å². The van der Waals surface area contributed by atoms with Crippen LogP contribution in [0.15, 0.2) is 21.5 Å². The lowest BCUT2D eigenvalue weighted by Crippen LogP contribution is -2.35. The molecule has 1 N–H and O–H groups in total. The molecular formula is C12H15NO7. The van der Waals surface area contributed by atoms with E-state index in [-0.39, 0.29) is 25.4 Å². The number of aromatic hydroxyl groups is 1. The van der Waals surface area contributed by atoms with Crippen LogP contribution < -0.4 is 5.43 Å². The van der Waals surface area contributed by atoms with Crippen LogP contribution in [0, 0.1) is 0 Å². The Morgan fingerprint density at radius 1 is 1.25 bits per heavy atom. The number of hydrogen-bond acceptors (Lipinski definition) is 8. The molecule has 0 unspecified atom stereocenters. The van der Waals surface area contributed by atoms with Gasteiger partial charge in [-0.15, -0.1) is 0 Å². The highest BCUT2D eigenvalue weighted by Crippen LogP contribution is 2.07. The standard InChI is InChI=1S/C12H15NO7/c1-18-11(16)5-13(6-12(17)19-2)4-8-3-9(14)10(15)7-20-8/h3,7,15H,4-6H2,1-2H3. The first-order valence-corrected chi connectivity index (χ1v) is 5.63. The number of hydrogen-bond donors (Lipinski definition) is 1. The van der Waals surface area contributed by atoms with Gasteiger partial charge in [-0.2, -0.15) is 0 Å². The minimum atomic E-state index is -0.609. The van der Waals surface area contributed by atoms with Gasteiger partial charge in [0.1, 0.15) is 12.0 Å².